The molecule has 0 radical (unpaired) electrons. The monoisotopic (exact) mass is 433 g/mol. The molecule has 3 aromatic carbocycles. The fourth-order valence-corrected chi connectivity index (χ4v) is 3.82. The van der Waals surface area contributed by atoms with E-state index in [-0.39, 0.29) is 5.82 Å². The van der Waals surface area contributed by atoms with Crippen molar-refractivity contribution in [1.29, 1.82) is 0 Å². The highest BCUT2D eigenvalue weighted by Crippen LogP contribution is 2.30. The van der Waals surface area contributed by atoms with Crippen molar-refractivity contribution in [3.8, 4) is 28.1 Å². The predicted molar refractivity (Wildman–Crippen MR) is 129 cm³/mol. The minimum atomic E-state index is -0.276. The van der Waals surface area contributed by atoms with E-state index in [1.54, 1.807) is 6.07 Å². The molecule has 0 aliphatic rings. The molecule has 4 aromatic rings. The summed E-state index contributed by atoms with van der Waals surface area (Å²) >= 11 is 0. The van der Waals surface area contributed by atoms with Crippen LogP contribution in [0.4, 0.5) is 4.39 Å². The summed E-state index contributed by atoms with van der Waals surface area (Å²) in [5, 5.41) is 2.23. The lowest BCUT2D eigenvalue weighted by Crippen LogP contribution is -2.06. The Morgan fingerprint density at radius 2 is 1.68 bits per heavy atom. The second kappa shape index (κ2) is 9.55. The third-order valence-corrected chi connectivity index (χ3v) is 5.53. The molecule has 3 nitrogen and oxygen atoms in total. The average Bonchev–Trinajstić information content (AvgIpc) is 2.77. The van der Waals surface area contributed by atoms with Gasteiger partial charge in [0.2, 0.25) is 0 Å². The molecule has 5 heteroatoms. The van der Waals surface area contributed by atoms with Crippen LogP contribution in [0.1, 0.15) is 12.5 Å². The van der Waals surface area contributed by atoms with E-state index >= 15 is 0 Å². The lowest BCUT2D eigenvalue weighted by Gasteiger charge is -2.10. The van der Waals surface area contributed by atoms with E-state index in [1.807, 2.05) is 61.5 Å². The molecular weight excluding hydrogens is 408 g/mol. The van der Waals surface area contributed by atoms with Gasteiger partial charge in [-0.2, -0.15) is 0 Å². The zero-order valence-corrected chi connectivity index (χ0v) is 18.8. The maximum Gasteiger partial charge on any atom is 0.131 e. The molecule has 0 bridgehead atoms. The van der Waals surface area contributed by atoms with Crippen LogP contribution in [-0.4, -0.2) is 24.8 Å². The second-order valence-electron chi connectivity index (χ2n) is 7.37. The van der Waals surface area contributed by atoms with Gasteiger partial charge < -0.3 is 9.47 Å². The molecule has 0 saturated heterocycles. The smallest absolute Gasteiger partial charge is 0.131 e. The van der Waals surface area contributed by atoms with E-state index in [4.69, 9.17) is 14.5 Å². The number of hydrogen-bond acceptors (Lipinski definition) is 3. The van der Waals surface area contributed by atoms with Gasteiger partial charge in [-0.15, -0.1) is 9.24 Å². The molecule has 0 aliphatic carbocycles. The van der Waals surface area contributed by atoms with Crippen LogP contribution in [0, 0.1) is 12.7 Å². The number of ether oxygens (including phenoxy) is 2. The molecule has 0 spiro atoms. The van der Waals surface area contributed by atoms with Crippen LogP contribution in [0.2, 0.25) is 0 Å². The van der Waals surface area contributed by atoms with E-state index < -0.39 is 0 Å². The van der Waals surface area contributed by atoms with Crippen molar-refractivity contribution in [3.63, 3.8) is 0 Å². The average molecular weight is 433 g/mol. The summed E-state index contributed by atoms with van der Waals surface area (Å²) < 4.78 is 25.9. The Kier molecular flexibility index (Phi) is 6.60. The summed E-state index contributed by atoms with van der Waals surface area (Å²) in [6, 6.07) is 20.8. The Hall–Kier alpha value is -2.81. The van der Waals surface area contributed by atoms with Crippen molar-refractivity contribution < 1.29 is 13.9 Å². The summed E-state index contributed by atoms with van der Waals surface area (Å²) in [5.41, 5.74) is 4.91. The molecular formula is C26H25FNO2P. The first-order valence-corrected chi connectivity index (χ1v) is 10.9. The molecule has 0 saturated carbocycles. The third-order valence-electron chi connectivity index (χ3n) is 5.17. The third kappa shape index (κ3) is 4.92. The molecule has 0 aliphatic heterocycles. The highest BCUT2D eigenvalue weighted by atomic mass is 31.0. The summed E-state index contributed by atoms with van der Waals surface area (Å²) in [5.74, 6) is 0.465. The second-order valence-corrected chi connectivity index (χ2v) is 8.03. The Morgan fingerprint density at radius 3 is 2.42 bits per heavy atom. The quantitative estimate of drug-likeness (QED) is 0.267. The van der Waals surface area contributed by atoms with Gasteiger partial charge in [-0.05, 0) is 66.7 Å². The standard InChI is InChI=1S/C26H25FNO2P/c1-3-29-12-13-30-20-7-4-18(5-8-20)22-10-6-19(15-24(22)27)26-14-17(2)23-16-21(31)9-11-25(23)28-26/h4-11,14-16H,3,12-13,31H2,1-2H3. The van der Waals surface area contributed by atoms with Crippen molar-refractivity contribution in [2.24, 2.45) is 0 Å². The summed E-state index contributed by atoms with van der Waals surface area (Å²) in [6.07, 6.45) is 0. The number of aryl methyl sites for hydroxylation is 1. The Morgan fingerprint density at radius 1 is 0.903 bits per heavy atom. The number of hydrogen-bond donors (Lipinski definition) is 0. The maximum atomic E-state index is 15.0. The lowest BCUT2D eigenvalue weighted by molar-refractivity contribution is 0.110. The fraction of sp³-hybridized carbons (Fsp3) is 0.192. The highest BCUT2D eigenvalue weighted by molar-refractivity contribution is 7.27. The van der Waals surface area contributed by atoms with Crippen molar-refractivity contribution in [2.75, 3.05) is 19.8 Å². The topological polar surface area (TPSA) is 31.4 Å². The summed E-state index contributed by atoms with van der Waals surface area (Å²) in [6.45, 7) is 5.72. The first kappa shape index (κ1) is 21.4. The SMILES string of the molecule is CCOCCOc1ccc(-c2ccc(-c3cc(C)c4cc(P)ccc4n3)cc2F)cc1. The van der Waals surface area contributed by atoms with Crippen LogP contribution >= 0.6 is 9.24 Å². The van der Waals surface area contributed by atoms with Gasteiger partial charge in [0.25, 0.3) is 0 Å². The molecule has 0 fully saturated rings. The predicted octanol–water partition coefficient (Wildman–Crippen LogP) is 5.93. The van der Waals surface area contributed by atoms with Gasteiger partial charge in [0.05, 0.1) is 17.8 Å². The van der Waals surface area contributed by atoms with Crippen molar-refractivity contribution in [1.82, 2.24) is 4.98 Å². The normalized spacial score (nSPS) is 11.1. The Labute approximate surface area is 184 Å². The minimum Gasteiger partial charge on any atom is -0.491 e. The molecule has 1 aromatic heterocycles. The summed E-state index contributed by atoms with van der Waals surface area (Å²) in [7, 11) is 2.71. The van der Waals surface area contributed by atoms with E-state index in [0.29, 0.717) is 25.4 Å². The van der Waals surface area contributed by atoms with Crippen LogP contribution in [0.5, 0.6) is 5.75 Å². The molecule has 1 heterocycles. The van der Waals surface area contributed by atoms with Gasteiger partial charge in [0.1, 0.15) is 18.2 Å². The van der Waals surface area contributed by atoms with Crippen LogP contribution in [0.3, 0.4) is 0 Å². The van der Waals surface area contributed by atoms with E-state index in [9.17, 15) is 4.39 Å². The number of aromatic nitrogens is 1. The van der Waals surface area contributed by atoms with Crippen molar-refractivity contribution in [3.05, 3.63) is 78.1 Å². The van der Waals surface area contributed by atoms with E-state index in [2.05, 4.69) is 22.2 Å². The van der Waals surface area contributed by atoms with Gasteiger partial charge >= 0.3 is 0 Å². The highest BCUT2D eigenvalue weighted by Gasteiger charge is 2.10. The molecule has 158 valence electrons. The largest absolute Gasteiger partial charge is 0.491 e. The van der Waals surface area contributed by atoms with Crippen LogP contribution in [0.15, 0.2) is 66.7 Å². The molecule has 1 atom stereocenters. The van der Waals surface area contributed by atoms with E-state index in [0.717, 1.165) is 44.3 Å². The molecule has 4 rings (SSSR count). The van der Waals surface area contributed by atoms with Gasteiger partial charge in [-0.25, -0.2) is 9.37 Å². The molecule has 0 N–H and O–H groups in total. The van der Waals surface area contributed by atoms with Gasteiger partial charge in [-0.1, -0.05) is 30.3 Å². The van der Waals surface area contributed by atoms with Gasteiger partial charge in [0, 0.05) is 23.1 Å². The zero-order valence-electron chi connectivity index (χ0n) is 17.7. The van der Waals surface area contributed by atoms with Crippen molar-refractivity contribution >= 4 is 25.4 Å². The van der Waals surface area contributed by atoms with Gasteiger partial charge in [-0.3, -0.25) is 0 Å². The first-order valence-electron chi connectivity index (χ1n) is 10.3. The number of halogens is 1. The number of nitrogens with zero attached hydrogens (tertiary/aromatic N) is 1. The Balaban J connectivity index is 1.57. The fourth-order valence-electron chi connectivity index (χ4n) is 3.56. The Bertz CT molecular complexity index is 1210. The molecule has 31 heavy (non-hydrogen) atoms. The lowest BCUT2D eigenvalue weighted by atomic mass is 10.0. The van der Waals surface area contributed by atoms with Crippen molar-refractivity contribution in [2.45, 2.75) is 13.8 Å². The maximum absolute atomic E-state index is 15.0. The van der Waals surface area contributed by atoms with Crippen LogP contribution in [0.25, 0.3) is 33.3 Å². The number of benzene rings is 3. The first-order chi connectivity index (χ1) is 15.0. The number of pyridine rings is 1. The summed E-state index contributed by atoms with van der Waals surface area (Å²) in [4.78, 5) is 4.74. The zero-order chi connectivity index (χ0) is 21.8. The van der Waals surface area contributed by atoms with Crippen LogP contribution < -0.4 is 10.0 Å². The number of fused-ring (bicyclic) bond motifs is 1. The number of rotatable bonds is 7. The van der Waals surface area contributed by atoms with Gasteiger partial charge in [0.15, 0.2) is 0 Å². The molecule has 0 amide bonds. The minimum absolute atomic E-state index is 0.276. The van der Waals surface area contributed by atoms with Crippen LogP contribution in [-0.2, 0) is 4.74 Å². The van der Waals surface area contributed by atoms with E-state index in [1.165, 1.54) is 0 Å². The molecule has 1 unspecified atom stereocenters.